The first-order valence-electron chi connectivity index (χ1n) is 11.9. The number of fused-ring (bicyclic) bond motifs is 8. The molecule has 2 N–H and O–H groups in total. The summed E-state index contributed by atoms with van der Waals surface area (Å²) in [4.78, 5) is 12.9. The van der Waals surface area contributed by atoms with E-state index in [2.05, 4.69) is 0 Å². The van der Waals surface area contributed by atoms with Gasteiger partial charge in [-0.2, -0.15) is 0 Å². The van der Waals surface area contributed by atoms with Crippen LogP contribution in [0.2, 0.25) is 0 Å². The molecule has 4 saturated heterocycles. The number of ether oxygens (including phenoxy) is 7. The fraction of sp³-hybridized carbons (Fsp3) is 0.560. The summed E-state index contributed by atoms with van der Waals surface area (Å²) in [6, 6.07) is 1.90. The Morgan fingerprint density at radius 3 is 2.66 bits per heavy atom. The van der Waals surface area contributed by atoms with Crippen molar-refractivity contribution in [1.29, 1.82) is 0 Å². The quantitative estimate of drug-likeness (QED) is 0.609. The summed E-state index contributed by atoms with van der Waals surface area (Å²) >= 11 is 0. The van der Waals surface area contributed by atoms with Gasteiger partial charge in [-0.1, -0.05) is 0 Å². The highest BCUT2D eigenvalue weighted by atomic mass is 16.9. The lowest BCUT2D eigenvalue weighted by molar-refractivity contribution is -0.332. The molecule has 6 aliphatic rings. The summed E-state index contributed by atoms with van der Waals surface area (Å²) < 4.78 is 42.3. The molecule has 2 aromatic carbocycles. The van der Waals surface area contributed by atoms with E-state index in [0.717, 1.165) is 5.56 Å². The van der Waals surface area contributed by atoms with Crippen LogP contribution in [0, 0.1) is 6.92 Å². The Morgan fingerprint density at radius 1 is 1.17 bits per heavy atom. The second kappa shape index (κ2) is 6.26. The number of aromatic hydroxyl groups is 1. The highest BCUT2D eigenvalue weighted by molar-refractivity contribution is 6.11. The molecule has 1 spiro atoms. The van der Waals surface area contributed by atoms with E-state index in [1.165, 1.54) is 0 Å². The maximum absolute atomic E-state index is 12.9. The van der Waals surface area contributed by atoms with E-state index in [1.54, 1.807) is 7.11 Å². The van der Waals surface area contributed by atoms with E-state index >= 15 is 0 Å². The number of aryl methyl sites for hydroxylation is 1. The minimum atomic E-state index is -1.92. The zero-order chi connectivity index (χ0) is 23.9. The first kappa shape index (κ1) is 20.7. The van der Waals surface area contributed by atoms with Crippen LogP contribution in [-0.4, -0.2) is 72.5 Å². The number of carbonyl (C=O) groups excluding carboxylic acids is 1. The minimum Gasteiger partial charge on any atom is -0.506 e. The van der Waals surface area contributed by atoms with Crippen LogP contribution < -0.4 is 9.47 Å². The van der Waals surface area contributed by atoms with Crippen molar-refractivity contribution in [1.82, 2.24) is 0 Å². The SMILES string of the molecule is COc1c2c(c(O)c3c4c(c(C)cc13)C1OC3(C5OCCO5)OC1[C@@](O)(O4)[C@@]31CO1)C(=O)CCC2. The molecule has 0 amide bonds. The summed E-state index contributed by atoms with van der Waals surface area (Å²) in [6.45, 7) is 2.77. The predicted octanol–water partition coefficient (Wildman–Crippen LogP) is 1.77. The molecule has 2 bridgehead atoms. The number of carbonyl (C=O) groups is 1. The molecule has 0 aromatic heterocycles. The van der Waals surface area contributed by atoms with Crippen LogP contribution in [-0.2, 0) is 30.1 Å². The Bertz CT molecular complexity index is 1340. The number of ketones is 1. The number of rotatable bonds is 2. The fourth-order valence-electron chi connectivity index (χ4n) is 6.89. The molecule has 0 radical (unpaired) electrons. The number of benzene rings is 2. The van der Waals surface area contributed by atoms with E-state index in [4.69, 9.17) is 33.2 Å². The molecule has 184 valence electrons. The van der Waals surface area contributed by atoms with Crippen LogP contribution in [0.4, 0.5) is 0 Å². The first-order chi connectivity index (χ1) is 16.9. The molecule has 2 aromatic rings. The second-order valence-electron chi connectivity index (χ2n) is 10.1. The van der Waals surface area contributed by atoms with Crippen molar-refractivity contribution in [2.24, 2.45) is 0 Å². The van der Waals surface area contributed by atoms with Crippen LogP contribution in [0.15, 0.2) is 6.07 Å². The lowest BCUT2D eigenvalue weighted by atomic mass is 9.78. The van der Waals surface area contributed by atoms with Gasteiger partial charge < -0.3 is 43.4 Å². The van der Waals surface area contributed by atoms with Crippen molar-refractivity contribution in [3.63, 3.8) is 0 Å². The number of phenols is 1. The van der Waals surface area contributed by atoms with Gasteiger partial charge in [-0.05, 0) is 31.4 Å². The van der Waals surface area contributed by atoms with Gasteiger partial charge in [0, 0.05) is 22.9 Å². The third kappa shape index (κ3) is 2.10. The topological polar surface area (TPSA) is 125 Å². The summed E-state index contributed by atoms with van der Waals surface area (Å²) in [7, 11) is 1.55. The van der Waals surface area contributed by atoms with Crippen LogP contribution in [0.1, 0.15) is 46.0 Å². The van der Waals surface area contributed by atoms with Crippen molar-refractivity contribution < 1.29 is 48.2 Å². The average molecular weight is 484 g/mol. The maximum Gasteiger partial charge on any atom is 0.274 e. The van der Waals surface area contributed by atoms with Gasteiger partial charge >= 0.3 is 0 Å². The summed E-state index contributed by atoms with van der Waals surface area (Å²) in [6.07, 6.45) is -0.850. The van der Waals surface area contributed by atoms with E-state index in [1.807, 2.05) is 13.0 Å². The largest absolute Gasteiger partial charge is 0.506 e. The van der Waals surface area contributed by atoms with E-state index in [0.29, 0.717) is 60.1 Å². The number of Topliss-reactive ketones (excluding diaryl/α,β-unsaturated/α-hetero) is 1. The van der Waals surface area contributed by atoms with Gasteiger partial charge in [0.2, 0.25) is 11.9 Å². The lowest BCUT2D eigenvalue weighted by Gasteiger charge is -2.47. The van der Waals surface area contributed by atoms with Crippen LogP contribution in [0.25, 0.3) is 10.8 Å². The number of aliphatic hydroxyl groups is 1. The normalized spacial score (nSPS) is 38.7. The standard InChI is InChI=1S/C25H24O10/c1-10-8-12-16(17(27)15-11(18(12)29-2)4-3-5-13(15)26)19-14(10)20-21-24(28,33-19)23(9-32-23)25(34-20,35-21)22-30-6-7-31-22/h8,20-22,27-28H,3-7,9H2,1-2H3/t20?,21?,23-,24+,25?/m0/s1. The van der Waals surface area contributed by atoms with Crippen molar-refractivity contribution >= 4 is 16.6 Å². The molecule has 5 aliphatic heterocycles. The molecule has 5 heterocycles. The average Bonchev–Trinajstić information content (AvgIpc) is 3.20. The summed E-state index contributed by atoms with van der Waals surface area (Å²) in [5.41, 5.74) is 1.03. The van der Waals surface area contributed by atoms with Crippen LogP contribution in [0.3, 0.4) is 0 Å². The number of hydrogen-bond donors (Lipinski definition) is 2. The molecule has 35 heavy (non-hydrogen) atoms. The Hall–Kier alpha value is -2.47. The number of epoxide rings is 1. The predicted molar refractivity (Wildman–Crippen MR) is 116 cm³/mol. The number of phenolic OH excluding ortho intramolecular Hbond substituents is 1. The minimum absolute atomic E-state index is 0.123. The molecule has 0 saturated carbocycles. The van der Waals surface area contributed by atoms with Crippen molar-refractivity contribution in [2.45, 2.75) is 61.9 Å². The molecule has 10 heteroatoms. The molecule has 4 fully saturated rings. The maximum atomic E-state index is 12.9. The lowest BCUT2D eigenvalue weighted by Crippen LogP contribution is -2.69. The fourth-order valence-corrected chi connectivity index (χ4v) is 6.89. The monoisotopic (exact) mass is 484 g/mol. The smallest absolute Gasteiger partial charge is 0.274 e. The third-order valence-corrected chi connectivity index (χ3v) is 8.45. The molecule has 8 rings (SSSR count). The zero-order valence-electron chi connectivity index (χ0n) is 19.2. The van der Waals surface area contributed by atoms with Crippen molar-refractivity contribution in [2.75, 3.05) is 26.9 Å². The van der Waals surface area contributed by atoms with Gasteiger partial charge in [0.1, 0.15) is 23.4 Å². The Kier molecular flexibility index (Phi) is 3.70. The highest BCUT2D eigenvalue weighted by Gasteiger charge is 2.93. The highest BCUT2D eigenvalue weighted by Crippen LogP contribution is 2.71. The van der Waals surface area contributed by atoms with Gasteiger partial charge in [-0.3, -0.25) is 4.79 Å². The Labute approximate surface area is 199 Å². The number of methoxy groups -OCH3 is 1. The van der Waals surface area contributed by atoms with E-state index in [9.17, 15) is 15.0 Å². The molecular weight excluding hydrogens is 460 g/mol. The van der Waals surface area contributed by atoms with Crippen molar-refractivity contribution in [3.8, 4) is 17.2 Å². The molecular formula is C25H24O10. The van der Waals surface area contributed by atoms with Gasteiger partial charge in [-0.15, -0.1) is 0 Å². The van der Waals surface area contributed by atoms with Gasteiger partial charge in [0.25, 0.3) is 11.6 Å². The Morgan fingerprint density at radius 2 is 1.94 bits per heavy atom. The van der Waals surface area contributed by atoms with Gasteiger partial charge in [0.05, 0.1) is 37.9 Å². The zero-order valence-corrected chi connectivity index (χ0v) is 19.2. The molecule has 1 aliphatic carbocycles. The van der Waals surface area contributed by atoms with Crippen molar-refractivity contribution in [3.05, 3.63) is 28.3 Å². The Balaban J connectivity index is 1.41. The van der Waals surface area contributed by atoms with E-state index < -0.39 is 35.7 Å². The number of hydrogen-bond acceptors (Lipinski definition) is 10. The molecule has 3 unspecified atom stereocenters. The second-order valence-corrected chi connectivity index (χ2v) is 10.1. The van der Waals surface area contributed by atoms with Crippen LogP contribution >= 0.6 is 0 Å². The van der Waals surface area contributed by atoms with E-state index in [-0.39, 0.29) is 29.5 Å². The van der Waals surface area contributed by atoms with Gasteiger partial charge in [0.15, 0.2) is 11.9 Å². The third-order valence-electron chi connectivity index (χ3n) is 8.45. The molecule has 5 atom stereocenters. The summed E-state index contributed by atoms with van der Waals surface area (Å²) in [5.74, 6) is -2.96. The summed E-state index contributed by atoms with van der Waals surface area (Å²) in [5, 5.41) is 24.3. The first-order valence-corrected chi connectivity index (χ1v) is 11.9. The molecule has 10 nitrogen and oxygen atoms in total. The van der Waals surface area contributed by atoms with Crippen LogP contribution in [0.5, 0.6) is 17.2 Å². The van der Waals surface area contributed by atoms with Gasteiger partial charge in [-0.25, -0.2) is 0 Å².